The number of fused-ring (bicyclic) bond motifs is 2. The molecule has 2 N–H and O–H groups in total. The van der Waals surface area contributed by atoms with Crippen LogP contribution in [-0.2, 0) is 6.42 Å². The highest BCUT2D eigenvalue weighted by Gasteiger charge is 2.36. The van der Waals surface area contributed by atoms with Gasteiger partial charge in [0.1, 0.15) is 0 Å². The Bertz CT molecular complexity index is 698. The van der Waals surface area contributed by atoms with E-state index in [4.69, 9.17) is 0 Å². The van der Waals surface area contributed by atoms with Gasteiger partial charge in [-0.1, -0.05) is 18.6 Å². The molecule has 0 radical (unpaired) electrons. The molecule has 0 saturated carbocycles. The van der Waals surface area contributed by atoms with Crippen molar-refractivity contribution in [3.63, 3.8) is 0 Å². The summed E-state index contributed by atoms with van der Waals surface area (Å²) < 4.78 is 1.24. The third-order valence-electron chi connectivity index (χ3n) is 5.36. The molecule has 0 bridgehead atoms. The van der Waals surface area contributed by atoms with Gasteiger partial charge in [-0.05, 0) is 44.4 Å². The minimum atomic E-state index is -0.0123. The predicted octanol–water partition coefficient (Wildman–Crippen LogP) is 3.15. The normalized spacial score (nSPS) is 23.5. The minimum Gasteiger partial charge on any atom is -0.338 e. The zero-order valence-corrected chi connectivity index (χ0v) is 15.4. The Morgan fingerprint density at radius 3 is 3.08 bits per heavy atom. The van der Waals surface area contributed by atoms with E-state index in [1.54, 1.807) is 11.3 Å². The lowest BCUT2D eigenvalue weighted by molar-refractivity contribution is 0.179. The van der Waals surface area contributed by atoms with Crippen LogP contribution in [0.2, 0.25) is 0 Å². The van der Waals surface area contributed by atoms with E-state index in [2.05, 4.69) is 32.7 Å². The second-order valence-corrected chi connectivity index (χ2v) is 8.19. The highest BCUT2D eigenvalue weighted by molar-refractivity contribution is 7.18. The van der Waals surface area contributed by atoms with Gasteiger partial charge in [-0.3, -0.25) is 4.90 Å². The van der Waals surface area contributed by atoms with E-state index in [0.717, 1.165) is 36.3 Å². The van der Waals surface area contributed by atoms with Gasteiger partial charge >= 0.3 is 6.03 Å². The summed E-state index contributed by atoms with van der Waals surface area (Å²) >= 11 is 1.75. The van der Waals surface area contributed by atoms with E-state index >= 15 is 0 Å². The maximum Gasteiger partial charge on any atom is 0.315 e. The number of aromatic nitrogens is 1. The zero-order chi connectivity index (χ0) is 17.1. The summed E-state index contributed by atoms with van der Waals surface area (Å²) in [5.74, 6) is 0. The lowest BCUT2D eigenvalue weighted by Crippen LogP contribution is -2.49. The second-order valence-electron chi connectivity index (χ2n) is 7.07. The number of urea groups is 1. The summed E-state index contributed by atoms with van der Waals surface area (Å²) in [4.78, 5) is 19.4. The molecule has 1 aromatic heterocycles. The number of amides is 2. The summed E-state index contributed by atoms with van der Waals surface area (Å²) in [6.07, 6.45) is 6.75. The van der Waals surface area contributed by atoms with Crippen LogP contribution in [0.1, 0.15) is 37.1 Å². The standard InChI is InChI=1S/C19H26N4OS/c24-19(22-14-10-13-23-12-4-3-7-16(14)23)20-11-5-9-18-21-15-6-1-2-8-17(15)25-18/h1-2,6,8,14,16H,3-5,7,9-13H2,(H2,20,22,24)/t14-,16-/m0/s1. The molecule has 0 aliphatic carbocycles. The van der Waals surface area contributed by atoms with Crippen LogP contribution in [0.5, 0.6) is 0 Å². The molecule has 2 aromatic rings. The molecule has 2 saturated heterocycles. The number of para-hydroxylation sites is 1. The number of hydrogen-bond acceptors (Lipinski definition) is 4. The summed E-state index contributed by atoms with van der Waals surface area (Å²) in [7, 11) is 0. The van der Waals surface area contributed by atoms with Crippen LogP contribution in [-0.4, -0.2) is 47.6 Å². The molecule has 25 heavy (non-hydrogen) atoms. The zero-order valence-electron chi connectivity index (χ0n) is 14.5. The topological polar surface area (TPSA) is 57.3 Å². The maximum absolute atomic E-state index is 12.2. The fraction of sp³-hybridized carbons (Fsp3) is 0.579. The molecule has 134 valence electrons. The SMILES string of the molecule is O=C(NCCCc1nc2ccccc2s1)N[C@H]1CCN2CCCC[C@@H]12. The van der Waals surface area contributed by atoms with Gasteiger partial charge in [-0.15, -0.1) is 11.3 Å². The van der Waals surface area contributed by atoms with E-state index in [1.165, 1.54) is 30.5 Å². The lowest BCUT2D eigenvalue weighted by atomic mass is 9.99. The Morgan fingerprint density at radius 1 is 1.24 bits per heavy atom. The smallest absolute Gasteiger partial charge is 0.315 e. The highest BCUT2D eigenvalue weighted by Crippen LogP contribution is 2.27. The van der Waals surface area contributed by atoms with Gasteiger partial charge in [0.15, 0.2) is 0 Å². The number of thiazole rings is 1. The molecule has 5 nitrogen and oxygen atoms in total. The molecule has 1 aromatic carbocycles. The first-order chi connectivity index (χ1) is 12.3. The van der Waals surface area contributed by atoms with Gasteiger partial charge in [0.25, 0.3) is 0 Å². The largest absolute Gasteiger partial charge is 0.338 e. The van der Waals surface area contributed by atoms with Gasteiger partial charge in [0.2, 0.25) is 0 Å². The van der Waals surface area contributed by atoms with Crippen molar-refractivity contribution < 1.29 is 4.79 Å². The quantitative estimate of drug-likeness (QED) is 0.807. The van der Waals surface area contributed by atoms with Crippen LogP contribution >= 0.6 is 11.3 Å². The molecule has 2 aliphatic heterocycles. The Hall–Kier alpha value is -1.66. The van der Waals surface area contributed by atoms with Crippen molar-refractivity contribution >= 4 is 27.6 Å². The Labute approximate surface area is 152 Å². The predicted molar refractivity (Wildman–Crippen MR) is 102 cm³/mol. The molecule has 2 atom stereocenters. The second kappa shape index (κ2) is 7.70. The Morgan fingerprint density at radius 2 is 2.16 bits per heavy atom. The molecular formula is C19H26N4OS. The van der Waals surface area contributed by atoms with E-state index in [9.17, 15) is 4.79 Å². The average molecular weight is 359 g/mol. The number of piperidine rings is 1. The first-order valence-electron chi connectivity index (χ1n) is 9.42. The Kier molecular flexibility index (Phi) is 5.17. The Balaban J connectivity index is 1.19. The van der Waals surface area contributed by atoms with Crippen LogP contribution in [0.4, 0.5) is 4.79 Å². The molecule has 2 fully saturated rings. The molecule has 3 heterocycles. The number of carbonyl (C=O) groups is 1. The summed E-state index contributed by atoms with van der Waals surface area (Å²) in [5.41, 5.74) is 1.08. The van der Waals surface area contributed by atoms with Crippen molar-refractivity contribution in [2.45, 2.75) is 50.6 Å². The highest BCUT2D eigenvalue weighted by atomic mass is 32.1. The van der Waals surface area contributed by atoms with E-state index in [-0.39, 0.29) is 6.03 Å². The minimum absolute atomic E-state index is 0.0123. The van der Waals surface area contributed by atoms with Crippen molar-refractivity contribution in [2.75, 3.05) is 19.6 Å². The number of rotatable bonds is 5. The van der Waals surface area contributed by atoms with Crippen LogP contribution in [0.25, 0.3) is 10.2 Å². The average Bonchev–Trinajstić information content (AvgIpc) is 3.23. The number of nitrogens with zero attached hydrogens (tertiary/aromatic N) is 2. The van der Waals surface area contributed by atoms with E-state index in [1.807, 2.05) is 12.1 Å². The fourth-order valence-electron chi connectivity index (χ4n) is 4.10. The lowest BCUT2D eigenvalue weighted by Gasteiger charge is -2.32. The van der Waals surface area contributed by atoms with Crippen LogP contribution in [0.3, 0.4) is 0 Å². The molecule has 2 aliphatic rings. The molecule has 0 unspecified atom stereocenters. The van der Waals surface area contributed by atoms with Crippen molar-refractivity contribution in [2.24, 2.45) is 0 Å². The first-order valence-corrected chi connectivity index (χ1v) is 10.2. The first kappa shape index (κ1) is 16.8. The molecule has 4 rings (SSSR count). The van der Waals surface area contributed by atoms with E-state index in [0.29, 0.717) is 18.6 Å². The number of benzene rings is 1. The monoisotopic (exact) mass is 358 g/mol. The van der Waals surface area contributed by atoms with Crippen molar-refractivity contribution in [3.05, 3.63) is 29.3 Å². The number of aryl methyl sites for hydroxylation is 1. The summed E-state index contributed by atoms with van der Waals surface area (Å²) in [6.45, 7) is 3.03. The van der Waals surface area contributed by atoms with Gasteiger partial charge in [-0.25, -0.2) is 9.78 Å². The van der Waals surface area contributed by atoms with E-state index < -0.39 is 0 Å². The van der Waals surface area contributed by atoms with Crippen LogP contribution in [0, 0.1) is 0 Å². The molecular weight excluding hydrogens is 332 g/mol. The van der Waals surface area contributed by atoms with Gasteiger partial charge in [-0.2, -0.15) is 0 Å². The third kappa shape index (κ3) is 3.96. The summed E-state index contributed by atoms with van der Waals surface area (Å²) in [6, 6.07) is 9.10. The van der Waals surface area contributed by atoms with Crippen molar-refractivity contribution in [1.29, 1.82) is 0 Å². The summed E-state index contributed by atoms with van der Waals surface area (Å²) in [5, 5.41) is 7.36. The molecule has 2 amide bonds. The number of hydrogen-bond donors (Lipinski definition) is 2. The van der Waals surface area contributed by atoms with Crippen LogP contribution < -0.4 is 10.6 Å². The maximum atomic E-state index is 12.2. The molecule has 0 spiro atoms. The van der Waals surface area contributed by atoms with Crippen molar-refractivity contribution in [3.8, 4) is 0 Å². The van der Waals surface area contributed by atoms with Gasteiger partial charge < -0.3 is 10.6 Å². The number of carbonyl (C=O) groups excluding carboxylic acids is 1. The molecule has 6 heteroatoms. The van der Waals surface area contributed by atoms with Crippen LogP contribution in [0.15, 0.2) is 24.3 Å². The van der Waals surface area contributed by atoms with Gasteiger partial charge in [0.05, 0.1) is 15.2 Å². The van der Waals surface area contributed by atoms with Crippen molar-refractivity contribution in [1.82, 2.24) is 20.5 Å². The third-order valence-corrected chi connectivity index (χ3v) is 6.46. The fourth-order valence-corrected chi connectivity index (χ4v) is 5.11. The number of nitrogens with one attached hydrogen (secondary N) is 2. The van der Waals surface area contributed by atoms with Gasteiger partial charge in [0, 0.05) is 31.6 Å².